The molecule has 152 valence electrons. The first kappa shape index (κ1) is 21.7. The monoisotopic (exact) mass is 427 g/mol. The Balaban J connectivity index is 3.01. The molecule has 1 unspecified atom stereocenters. The van der Waals surface area contributed by atoms with Gasteiger partial charge in [0.25, 0.3) is 0 Å². The van der Waals surface area contributed by atoms with Crippen LogP contribution in [0.2, 0.25) is 0 Å². The Morgan fingerprint density at radius 2 is 1.64 bits per heavy atom. The number of carbonyl (C=O) groups is 1. The molecule has 0 fully saturated rings. The van der Waals surface area contributed by atoms with Gasteiger partial charge in [0.2, 0.25) is 10.3 Å². The Morgan fingerprint density at radius 3 is 2.07 bits per heavy atom. The third-order valence-electron chi connectivity index (χ3n) is 3.61. The fourth-order valence-electron chi connectivity index (χ4n) is 2.61. The zero-order chi connectivity index (χ0) is 21.3. The molecule has 2 rings (SSSR count). The summed E-state index contributed by atoms with van der Waals surface area (Å²) in [7, 11) is -3.64. The molecule has 28 heavy (non-hydrogen) atoms. The molecule has 0 N–H and O–H groups in total. The Labute approximate surface area is 155 Å². The molecular formula is C16H11F6NO4S. The smallest absolute Gasteiger partial charge is 0.434 e. The van der Waals surface area contributed by atoms with E-state index in [2.05, 4.69) is 9.73 Å². The van der Waals surface area contributed by atoms with Crippen LogP contribution in [0.4, 0.5) is 26.3 Å². The van der Waals surface area contributed by atoms with E-state index in [-0.39, 0.29) is 12.2 Å². The van der Waals surface area contributed by atoms with Crippen molar-refractivity contribution < 1.29 is 44.3 Å². The molecule has 0 spiro atoms. The van der Waals surface area contributed by atoms with Crippen molar-refractivity contribution >= 4 is 26.8 Å². The molecule has 0 radical (unpaired) electrons. The van der Waals surface area contributed by atoms with E-state index >= 15 is 0 Å². The maximum atomic E-state index is 13.5. The number of hydrogen-bond acceptors (Lipinski definition) is 5. The molecule has 0 aliphatic carbocycles. The molecule has 1 aromatic rings. The van der Waals surface area contributed by atoms with Gasteiger partial charge in [-0.3, -0.25) is 0 Å². The van der Waals surface area contributed by atoms with Crippen molar-refractivity contribution in [3.05, 3.63) is 47.2 Å². The Bertz CT molecular complexity index is 967. The number of carbonyl (C=O) groups excluding carboxylic acids is 1. The molecule has 5 nitrogen and oxygen atoms in total. The number of hydrogen-bond donors (Lipinski definition) is 0. The van der Waals surface area contributed by atoms with Crippen LogP contribution in [0.15, 0.2) is 46.6 Å². The molecule has 0 aromatic heterocycles. The lowest BCUT2D eigenvalue weighted by Crippen LogP contribution is -2.42. The van der Waals surface area contributed by atoms with Crippen molar-refractivity contribution in [1.82, 2.24) is 0 Å². The fraction of sp³-hybridized carbons (Fsp3) is 0.312. The van der Waals surface area contributed by atoms with Gasteiger partial charge in [0.15, 0.2) is 11.4 Å². The van der Waals surface area contributed by atoms with Crippen molar-refractivity contribution in [2.24, 2.45) is 4.99 Å². The van der Waals surface area contributed by atoms with E-state index in [1.165, 1.54) is 25.1 Å². The van der Waals surface area contributed by atoms with Gasteiger partial charge in [0.1, 0.15) is 4.86 Å². The number of nitrogens with zero attached hydrogens (tertiary/aromatic N) is 1. The molecule has 1 atom stereocenters. The van der Waals surface area contributed by atoms with Crippen LogP contribution in [0.25, 0.3) is 0 Å². The second-order valence-corrected chi connectivity index (χ2v) is 6.29. The van der Waals surface area contributed by atoms with Gasteiger partial charge in [-0.05, 0) is 12.5 Å². The summed E-state index contributed by atoms with van der Waals surface area (Å²) < 4.78 is 108. The molecule has 1 heterocycles. The van der Waals surface area contributed by atoms with Crippen LogP contribution in [0.1, 0.15) is 18.4 Å². The SMILES string of the molecule is CCOC(=O)C1=C(C(F)(F)F)N=C(C(F)(F)F)C(=S(=O)=O)C1c1ccccc1. The number of alkyl halides is 6. The fourth-order valence-corrected chi connectivity index (χ4v) is 3.38. The lowest BCUT2D eigenvalue weighted by atomic mass is 9.83. The summed E-state index contributed by atoms with van der Waals surface area (Å²) in [5.41, 5.74) is -5.99. The van der Waals surface area contributed by atoms with Crippen molar-refractivity contribution in [3.8, 4) is 0 Å². The first-order chi connectivity index (χ1) is 12.9. The summed E-state index contributed by atoms with van der Waals surface area (Å²) in [6.45, 7) is 0.882. The van der Waals surface area contributed by atoms with Crippen LogP contribution in [0.3, 0.4) is 0 Å². The number of halogens is 6. The van der Waals surface area contributed by atoms with Gasteiger partial charge in [-0.15, -0.1) is 0 Å². The molecule has 1 aliphatic heterocycles. The number of aliphatic imine (C=N–C) groups is 1. The Kier molecular flexibility index (Phi) is 6.02. The van der Waals surface area contributed by atoms with Crippen LogP contribution in [0.5, 0.6) is 0 Å². The van der Waals surface area contributed by atoms with Crippen LogP contribution in [0, 0.1) is 0 Å². The standard InChI is InChI=1S/C16H11F6NO4S/c1-2-27-14(24)10-9(8-6-4-3-5-7-8)11(28(25)26)13(16(20,21)22)23-12(10)15(17,18)19/h3-7,9H,2H2,1H3. The molecule has 0 bridgehead atoms. The van der Waals surface area contributed by atoms with E-state index < -0.39 is 56.4 Å². The molecule has 0 saturated heterocycles. The highest BCUT2D eigenvalue weighted by atomic mass is 32.2. The molecule has 1 aromatic carbocycles. The zero-order valence-electron chi connectivity index (χ0n) is 13.9. The highest BCUT2D eigenvalue weighted by Crippen LogP contribution is 2.42. The van der Waals surface area contributed by atoms with Gasteiger partial charge in [0.05, 0.1) is 18.1 Å². The largest absolute Gasteiger partial charge is 0.463 e. The quantitative estimate of drug-likeness (QED) is 0.422. The maximum absolute atomic E-state index is 13.5. The van der Waals surface area contributed by atoms with E-state index in [9.17, 15) is 39.6 Å². The van der Waals surface area contributed by atoms with Gasteiger partial charge in [-0.2, -0.15) is 34.8 Å². The lowest BCUT2D eigenvalue weighted by molar-refractivity contribution is -0.140. The van der Waals surface area contributed by atoms with Crippen molar-refractivity contribution in [2.45, 2.75) is 25.2 Å². The number of benzene rings is 1. The highest BCUT2D eigenvalue weighted by Gasteiger charge is 2.53. The number of ether oxygens (including phenoxy) is 1. The Morgan fingerprint density at radius 1 is 1.07 bits per heavy atom. The van der Waals surface area contributed by atoms with Crippen molar-refractivity contribution in [1.29, 1.82) is 0 Å². The van der Waals surface area contributed by atoms with E-state index in [0.29, 0.717) is 0 Å². The number of rotatable bonds is 3. The minimum Gasteiger partial charge on any atom is -0.463 e. The predicted octanol–water partition coefficient (Wildman–Crippen LogP) is 3.22. The summed E-state index contributed by atoms with van der Waals surface area (Å²) in [5.74, 6) is -3.80. The van der Waals surface area contributed by atoms with Gasteiger partial charge in [-0.1, -0.05) is 30.3 Å². The van der Waals surface area contributed by atoms with E-state index in [0.717, 1.165) is 12.1 Å². The molecular weight excluding hydrogens is 416 g/mol. The van der Waals surface area contributed by atoms with Gasteiger partial charge in [-0.25, -0.2) is 9.79 Å². The predicted molar refractivity (Wildman–Crippen MR) is 86.3 cm³/mol. The average Bonchev–Trinajstić information content (AvgIpc) is 2.59. The van der Waals surface area contributed by atoms with Crippen LogP contribution >= 0.6 is 0 Å². The Hall–Kier alpha value is -2.63. The molecule has 0 saturated carbocycles. The summed E-state index contributed by atoms with van der Waals surface area (Å²) >= 11 is 0. The van der Waals surface area contributed by atoms with E-state index in [1.807, 2.05) is 0 Å². The highest BCUT2D eigenvalue weighted by molar-refractivity contribution is 7.75. The lowest BCUT2D eigenvalue weighted by Gasteiger charge is -2.28. The van der Waals surface area contributed by atoms with E-state index in [4.69, 9.17) is 0 Å². The minimum atomic E-state index is -5.51. The van der Waals surface area contributed by atoms with Crippen LogP contribution in [-0.4, -0.2) is 43.9 Å². The molecule has 1 aliphatic rings. The number of allylic oxidation sites excluding steroid dienone is 1. The first-order valence-electron chi connectivity index (χ1n) is 7.55. The second kappa shape index (κ2) is 7.78. The average molecular weight is 427 g/mol. The minimum absolute atomic E-state index is 0.275. The summed E-state index contributed by atoms with van der Waals surface area (Å²) in [6, 6.07) is 6.16. The van der Waals surface area contributed by atoms with Crippen molar-refractivity contribution in [3.63, 3.8) is 0 Å². The van der Waals surface area contributed by atoms with Crippen LogP contribution in [-0.2, 0) is 19.8 Å². The van der Waals surface area contributed by atoms with Crippen molar-refractivity contribution in [2.75, 3.05) is 6.61 Å². The maximum Gasteiger partial charge on any atom is 0.434 e. The molecule has 0 amide bonds. The topological polar surface area (TPSA) is 72.8 Å². The van der Waals surface area contributed by atoms with Gasteiger partial charge < -0.3 is 4.74 Å². The number of esters is 1. The van der Waals surface area contributed by atoms with E-state index in [1.54, 1.807) is 0 Å². The first-order valence-corrected chi connectivity index (χ1v) is 8.62. The van der Waals surface area contributed by atoms with Crippen LogP contribution < -0.4 is 0 Å². The zero-order valence-corrected chi connectivity index (χ0v) is 14.7. The second-order valence-electron chi connectivity index (χ2n) is 5.38. The summed E-state index contributed by atoms with van der Waals surface area (Å²) in [6.07, 6.45) is -11.0. The molecule has 12 heteroatoms. The normalized spacial score (nSPS) is 18.0. The summed E-state index contributed by atoms with van der Waals surface area (Å²) in [5, 5.41) is 0. The third kappa shape index (κ3) is 4.26. The van der Waals surface area contributed by atoms with Gasteiger partial charge in [0, 0.05) is 0 Å². The van der Waals surface area contributed by atoms with Gasteiger partial charge >= 0.3 is 18.3 Å². The third-order valence-corrected chi connectivity index (χ3v) is 4.40. The summed E-state index contributed by atoms with van der Waals surface area (Å²) in [4.78, 5) is 13.2.